The lowest BCUT2D eigenvalue weighted by atomic mass is 10.1. The Balaban J connectivity index is 1.91. The summed E-state index contributed by atoms with van der Waals surface area (Å²) in [6.45, 7) is 6.25. The fraction of sp³-hybridized carbons (Fsp3) is 0.471. The molecule has 1 aromatic rings. The molecule has 1 aliphatic heterocycles. The molecule has 0 N–H and O–H groups in total. The molecule has 1 aliphatic rings. The maximum atomic E-state index is 11.8. The third-order valence-electron chi connectivity index (χ3n) is 3.33. The van der Waals surface area contributed by atoms with Gasteiger partial charge in [0.25, 0.3) is 0 Å². The molecule has 20 heavy (non-hydrogen) atoms. The van der Waals surface area contributed by atoms with Crippen molar-refractivity contribution in [2.24, 2.45) is 11.8 Å². The first-order chi connectivity index (χ1) is 9.58. The molecule has 0 aliphatic carbocycles. The van der Waals surface area contributed by atoms with Crippen LogP contribution in [-0.4, -0.2) is 24.0 Å². The predicted octanol–water partition coefficient (Wildman–Crippen LogP) is 2.70. The maximum Gasteiger partial charge on any atom is 0.224 e. The van der Waals surface area contributed by atoms with Crippen LogP contribution < -0.4 is 4.74 Å². The molecular formula is C17H21NO2. The molecule has 1 atom stereocenters. The third kappa shape index (κ3) is 3.77. The van der Waals surface area contributed by atoms with E-state index in [2.05, 4.69) is 19.8 Å². The number of terminal acetylenes is 1. The molecule has 1 fully saturated rings. The highest BCUT2D eigenvalue weighted by atomic mass is 16.5. The Morgan fingerprint density at radius 2 is 2.10 bits per heavy atom. The molecule has 0 spiro atoms. The molecule has 3 heteroatoms. The first-order valence-corrected chi connectivity index (χ1v) is 7.04. The fourth-order valence-corrected chi connectivity index (χ4v) is 2.21. The van der Waals surface area contributed by atoms with Gasteiger partial charge in [-0.2, -0.15) is 0 Å². The number of likely N-dealkylation sites (tertiary alicyclic amines) is 1. The molecule has 1 heterocycles. The summed E-state index contributed by atoms with van der Waals surface area (Å²) in [6.07, 6.45) is 5.86. The van der Waals surface area contributed by atoms with Gasteiger partial charge in [-0.3, -0.25) is 4.79 Å². The number of amides is 1. The van der Waals surface area contributed by atoms with Gasteiger partial charge in [0, 0.05) is 25.4 Å². The van der Waals surface area contributed by atoms with E-state index >= 15 is 0 Å². The zero-order chi connectivity index (χ0) is 14.5. The number of carbonyl (C=O) groups is 1. The second kappa shape index (κ2) is 6.47. The Labute approximate surface area is 120 Å². The molecule has 1 aromatic carbocycles. The molecule has 0 radical (unpaired) electrons. The largest absolute Gasteiger partial charge is 0.493 e. The highest BCUT2D eigenvalue weighted by Crippen LogP contribution is 2.20. The standard InChI is InChI=1S/C17H21NO2/c1-4-14-9-17(19)18(10-14)11-15-5-7-16(8-6-15)20-12-13(2)3/h1,5-8,13-14H,9-12H2,2-3H3. The molecule has 106 valence electrons. The quantitative estimate of drug-likeness (QED) is 0.771. The van der Waals surface area contributed by atoms with E-state index in [0.717, 1.165) is 11.3 Å². The lowest BCUT2D eigenvalue weighted by Gasteiger charge is -2.16. The van der Waals surface area contributed by atoms with Crippen LogP contribution >= 0.6 is 0 Å². The summed E-state index contributed by atoms with van der Waals surface area (Å²) < 4.78 is 5.64. The Hall–Kier alpha value is -1.95. The van der Waals surface area contributed by atoms with Crippen LogP contribution in [0.15, 0.2) is 24.3 Å². The van der Waals surface area contributed by atoms with E-state index in [-0.39, 0.29) is 11.8 Å². The van der Waals surface area contributed by atoms with Gasteiger partial charge in [-0.05, 0) is 23.6 Å². The van der Waals surface area contributed by atoms with E-state index in [4.69, 9.17) is 11.2 Å². The highest BCUT2D eigenvalue weighted by molar-refractivity contribution is 5.79. The second-order valence-corrected chi connectivity index (χ2v) is 5.69. The van der Waals surface area contributed by atoms with E-state index < -0.39 is 0 Å². The van der Waals surface area contributed by atoms with Crippen LogP contribution in [0.3, 0.4) is 0 Å². The smallest absolute Gasteiger partial charge is 0.224 e. The average Bonchev–Trinajstić information content (AvgIpc) is 2.78. The zero-order valence-electron chi connectivity index (χ0n) is 12.1. The van der Waals surface area contributed by atoms with Crippen molar-refractivity contribution in [3.8, 4) is 18.1 Å². The number of benzene rings is 1. The minimum Gasteiger partial charge on any atom is -0.493 e. The monoisotopic (exact) mass is 271 g/mol. The molecule has 1 unspecified atom stereocenters. The summed E-state index contributed by atoms with van der Waals surface area (Å²) in [7, 11) is 0. The van der Waals surface area contributed by atoms with Crippen LogP contribution in [0.5, 0.6) is 5.75 Å². The lowest BCUT2D eigenvalue weighted by Crippen LogP contribution is -2.24. The topological polar surface area (TPSA) is 29.5 Å². The molecule has 0 saturated carbocycles. The van der Waals surface area contributed by atoms with Gasteiger partial charge in [0.2, 0.25) is 5.91 Å². The van der Waals surface area contributed by atoms with Crippen molar-refractivity contribution >= 4 is 5.91 Å². The third-order valence-corrected chi connectivity index (χ3v) is 3.33. The van der Waals surface area contributed by atoms with Crippen LogP contribution in [-0.2, 0) is 11.3 Å². The summed E-state index contributed by atoms with van der Waals surface area (Å²) in [6, 6.07) is 7.92. The summed E-state index contributed by atoms with van der Waals surface area (Å²) in [5, 5.41) is 0. The van der Waals surface area contributed by atoms with E-state index in [1.165, 1.54) is 0 Å². The van der Waals surface area contributed by atoms with E-state index in [1.54, 1.807) is 0 Å². The summed E-state index contributed by atoms with van der Waals surface area (Å²) >= 11 is 0. The van der Waals surface area contributed by atoms with E-state index in [0.29, 0.717) is 32.0 Å². The van der Waals surface area contributed by atoms with Crippen molar-refractivity contribution in [1.29, 1.82) is 0 Å². The fourth-order valence-electron chi connectivity index (χ4n) is 2.21. The van der Waals surface area contributed by atoms with Gasteiger partial charge in [0.05, 0.1) is 6.61 Å². The molecule has 0 aromatic heterocycles. The van der Waals surface area contributed by atoms with Gasteiger partial charge in [-0.25, -0.2) is 0 Å². The SMILES string of the molecule is C#CC1CC(=O)N(Cc2ccc(OCC(C)C)cc2)C1. The highest BCUT2D eigenvalue weighted by Gasteiger charge is 2.27. The van der Waals surface area contributed by atoms with Crippen LogP contribution in [0, 0.1) is 24.2 Å². The van der Waals surface area contributed by atoms with E-state index in [9.17, 15) is 4.79 Å². The normalized spacial score (nSPS) is 18.4. The summed E-state index contributed by atoms with van der Waals surface area (Å²) in [5.74, 6) is 4.26. The van der Waals surface area contributed by atoms with Gasteiger partial charge >= 0.3 is 0 Å². The van der Waals surface area contributed by atoms with Crippen molar-refractivity contribution in [1.82, 2.24) is 4.90 Å². The zero-order valence-corrected chi connectivity index (χ0v) is 12.1. The lowest BCUT2D eigenvalue weighted by molar-refractivity contribution is -0.128. The number of hydrogen-bond acceptors (Lipinski definition) is 2. The first kappa shape index (κ1) is 14.5. The predicted molar refractivity (Wildman–Crippen MR) is 79.1 cm³/mol. The van der Waals surface area contributed by atoms with Crippen LogP contribution in [0.2, 0.25) is 0 Å². The molecule has 0 bridgehead atoms. The molecular weight excluding hydrogens is 250 g/mol. The molecule has 2 rings (SSSR count). The van der Waals surface area contributed by atoms with Crippen molar-refractivity contribution < 1.29 is 9.53 Å². The average molecular weight is 271 g/mol. The second-order valence-electron chi connectivity index (χ2n) is 5.69. The van der Waals surface area contributed by atoms with Crippen LogP contribution in [0.1, 0.15) is 25.8 Å². The summed E-state index contributed by atoms with van der Waals surface area (Å²) in [5.41, 5.74) is 1.10. The number of nitrogens with zero attached hydrogens (tertiary/aromatic N) is 1. The van der Waals surface area contributed by atoms with Gasteiger partial charge in [0.1, 0.15) is 5.75 Å². The number of hydrogen-bond donors (Lipinski definition) is 0. The molecule has 1 saturated heterocycles. The number of carbonyl (C=O) groups excluding carboxylic acids is 1. The Morgan fingerprint density at radius 1 is 1.40 bits per heavy atom. The Kier molecular flexibility index (Phi) is 4.68. The van der Waals surface area contributed by atoms with Gasteiger partial charge in [-0.1, -0.05) is 26.0 Å². The van der Waals surface area contributed by atoms with Gasteiger partial charge < -0.3 is 9.64 Å². The number of rotatable bonds is 5. The maximum absolute atomic E-state index is 11.8. The minimum absolute atomic E-state index is 0.0659. The van der Waals surface area contributed by atoms with Gasteiger partial charge in [-0.15, -0.1) is 12.3 Å². The van der Waals surface area contributed by atoms with Crippen LogP contribution in [0.25, 0.3) is 0 Å². The molecule has 1 amide bonds. The van der Waals surface area contributed by atoms with E-state index in [1.807, 2.05) is 29.2 Å². The van der Waals surface area contributed by atoms with Crippen LogP contribution in [0.4, 0.5) is 0 Å². The molecule has 3 nitrogen and oxygen atoms in total. The van der Waals surface area contributed by atoms with Crippen molar-refractivity contribution in [2.45, 2.75) is 26.8 Å². The van der Waals surface area contributed by atoms with Crippen molar-refractivity contribution in [3.63, 3.8) is 0 Å². The minimum atomic E-state index is 0.0659. The summed E-state index contributed by atoms with van der Waals surface area (Å²) in [4.78, 5) is 13.6. The Morgan fingerprint density at radius 3 is 2.65 bits per heavy atom. The van der Waals surface area contributed by atoms with Gasteiger partial charge in [0.15, 0.2) is 0 Å². The Bertz CT molecular complexity index is 499. The number of ether oxygens (including phenoxy) is 1. The first-order valence-electron chi connectivity index (χ1n) is 7.04. The van der Waals surface area contributed by atoms with Crippen molar-refractivity contribution in [2.75, 3.05) is 13.2 Å². The van der Waals surface area contributed by atoms with Crippen molar-refractivity contribution in [3.05, 3.63) is 29.8 Å².